The quantitative estimate of drug-likeness (QED) is 0.676. The van der Waals surface area contributed by atoms with Crippen molar-refractivity contribution in [3.63, 3.8) is 0 Å². The third-order valence-electron chi connectivity index (χ3n) is 5.52. The van der Waals surface area contributed by atoms with Gasteiger partial charge in [-0.3, -0.25) is 19.1 Å². The van der Waals surface area contributed by atoms with Gasteiger partial charge in [0.25, 0.3) is 11.5 Å². The zero-order valence-corrected chi connectivity index (χ0v) is 14.2. The van der Waals surface area contributed by atoms with Crippen LogP contribution in [0.4, 0.5) is 0 Å². The van der Waals surface area contributed by atoms with Crippen LogP contribution in [0.3, 0.4) is 0 Å². The summed E-state index contributed by atoms with van der Waals surface area (Å²) >= 11 is 0. The van der Waals surface area contributed by atoms with Crippen molar-refractivity contribution in [3.05, 3.63) is 70.5 Å². The molecule has 3 aromatic rings. The first-order chi connectivity index (χ1) is 12.7. The van der Waals surface area contributed by atoms with Gasteiger partial charge in [-0.05, 0) is 37.1 Å². The van der Waals surface area contributed by atoms with E-state index in [1.54, 1.807) is 29.1 Å². The van der Waals surface area contributed by atoms with E-state index < -0.39 is 0 Å². The first kappa shape index (κ1) is 15.3. The van der Waals surface area contributed by atoms with Crippen LogP contribution in [-0.2, 0) is 13.0 Å². The van der Waals surface area contributed by atoms with Gasteiger partial charge in [-0.2, -0.15) is 0 Å². The molecule has 0 saturated carbocycles. The molecule has 0 radical (unpaired) electrons. The predicted octanol–water partition coefficient (Wildman–Crippen LogP) is 2.02. The Kier molecular flexibility index (Phi) is 3.38. The van der Waals surface area contributed by atoms with Crippen LogP contribution in [0.2, 0.25) is 0 Å². The van der Waals surface area contributed by atoms with Crippen molar-refractivity contribution in [2.45, 2.75) is 37.9 Å². The second-order valence-electron chi connectivity index (χ2n) is 7.00. The smallest absolute Gasteiger partial charge is 0.261 e. The van der Waals surface area contributed by atoms with Gasteiger partial charge in [0, 0.05) is 31.4 Å². The second kappa shape index (κ2) is 5.76. The molecule has 130 valence electrons. The third-order valence-corrected chi connectivity index (χ3v) is 5.52. The van der Waals surface area contributed by atoms with Gasteiger partial charge >= 0.3 is 0 Å². The van der Waals surface area contributed by atoms with Crippen LogP contribution in [0.25, 0.3) is 10.9 Å². The highest BCUT2D eigenvalue weighted by molar-refractivity contribution is 5.94. The number of aromatic nitrogens is 3. The van der Waals surface area contributed by atoms with E-state index in [1.165, 1.54) is 0 Å². The Balaban J connectivity index is 1.59. The van der Waals surface area contributed by atoms with Crippen molar-refractivity contribution < 1.29 is 4.79 Å². The summed E-state index contributed by atoms with van der Waals surface area (Å²) in [5, 5.41) is 0.638. The molecule has 26 heavy (non-hydrogen) atoms. The van der Waals surface area contributed by atoms with E-state index in [-0.39, 0.29) is 23.6 Å². The molecule has 0 spiro atoms. The Bertz CT molecular complexity index is 1060. The average molecular weight is 346 g/mol. The van der Waals surface area contributed by atoms with Crippen LogP contribution in [0.1, 0.15) is 29.0 Å². The summed E-state index contributed by atoms with van der Waals surface area (Å²) in [7, 11) is 0. The molecule has 1 fully saturated rings. The molecular formula is C20H18N4O2. The van der Waals surface area contributed by atoms with Crippen molar-refractivity contribution in [2.75, 3.05) is 0 Å². The van der Waals surface area contributed by atoms with Gasteiger partial charge in [-0.25, -0.2) is 4.98 Å². The number of amides is 1. The number of carbonyl (C=O) groups is 1. The Hall–Kier alpha value is -3.02. The van der Waals surface area contributed by atoms with Gasteiger partial charge in [-0.15, -0.1) is 0 Å². The lowest BCUT2D eigenvalue weighted by Gasteiger charge is -2.27. The minimum atomic E-state index is -0.00748. The number of carbonyl (C=O) groups excluding carboxylic acids is 1. The van der Waals surface area contributed by atoms with Crippen LogP contribution in [0.5, 0.6) is 0 Å². The largest absolute Gasteiger partial charge is 0.330 e. The summed E-state index contributed by atoms with van der Waals surface area (Å²) in [6.07, 6.45) is 5.74. The average Bonchev–Trinajstić information content (AvgIpc) is 2.98. The maximum atomic E-state index is 13.1. The SMILES string of the molecule is O=C(c1cccnc1)N1C2CCC1Cn1c(nc3ccccc3c1=O)C2. The summed E-state index contributed by atoms with van der Waals surface area (Å²) in [6, 6.07) is 11.1. The Morgan fingerprint density at radius 1 is 1.08 bits per heavy atom. The molecule has 6 heteroatoms. The lowest BCUT2D eigenvalue weighted by atomic mass is 10.1. The van der Waals surface area contributed by atoms with Crippen molar-refractivity contribution in [2.24, 2.45) is 0 Å². The zero-order chi connectivity index (χ0) is 17.7. The van der Waals surface area contributed by atoms with Crippen molar-refractivity contribution in [3.8, 4) is 0 Å². The Morgan fingerprint density at radius 3 is 2.77 bits per heavy atom. The Morgan fingerprint density at radius 2 is 1.92 bits per heavy atom. The van der Waals surface area contributed by atoms with Gasteiger partial charge in [0.2, 0.25) is 0 Å². The summed E-state index contributed by atoms with van der Waals surface area (Å²) in [6.45, 7) is 0.508. The molecule has 0 aliphatic carbocycles. The molecule has 2 atom stereocenters. The number of nitrogens with zero attached hydrogens (tertiary/aromatic N) is 4. The Labute approximate surface area is 150 Å². The van der Waals surface area contributed by atoms with Crippen molar-refractivity contribution >= 4 is 16.8 Å². The summed E-state index contributed by atoms with van der Waals surface area (Å²) in [4.78, 5) is 36.8. The predicted molar refractivity (Wildman–Crippen MR) is 96.9 cm³/mol. The van der Waals surface area contributed by atoms with Crippen molar-refractivity contribution in [1.82, 2.24) is 19.4 Å². The fourth-order valence-electron chi connectivity index (χ4n) is 4.29. The van der Waals surface area contributed by atoms with Crippen LogP contribution in [-0.4, -0.2) is 37.4 Å². The summed E-state index contributed by atoms with van der Waals surface area (Å²) in [5.74, 6) is 0.779. The fourth-order valence-corrected chi connectivity index (χ4v) is 4.29. The van der Waals surface area contributed by atoms with Crippen LogP contribution in [0, 0.1) is 0 Å². The zero-order valence-electron chi connectivity index (χ0n) is 14.2. The van der Waals surface area contributed by atoms with Gasteiger partial charge in [-0.1, -0.05) is 12.1 Å². The minimum Gasteiger partial charge on any atom is -0.330 e. The molecule has 2 aliphatic heterocycles. The van der Waals surface area contributed by atoms with Crippen LogP contribution >= 0.6 is 0 Å². The number of para-hydroxylation sites is 1. The number of hydrogen-bond donors (Lipinski definition) is 0. The first-order valence-corrected chi connectivity index (χ1v) is 8.93. The maximum absolute atomic E-state index is 13.1. The topological polar surface area (TPSA) is 68.1 Å². The molecule has 4 heterocycles. The summed E-state index contributed by atoms with van der Waals surface area (Å²) < 4.78 is 1.77. The standard InChI is InChI=1S/C20H18N4O2/c25-19(13-4-3-9-21-11-13)24-14-7-8-15(24)12-23-18(10-14)22-17-6-2-1-5-16(17)20(23)26/h1-6,9,11,14-15H,7-8,10,12H2. The van der Waals surface area contributed by atoms with E-state index in [0.717, 1.165) is 24.2 Å². The molecule has 5 rings (SSSR count). The molecule has 2 aromatic heterocycles. The molecule has 1 saturated heterocycles. The van der Waals surface area contributed by atoms with E-state index in [0.29, 0.717) is 23.9 Å². The molecule has 2 bridgehead atoms. The van der Waals surface area contributed by atoms with Gasteiger partial charge in [0.15, 0.2) is 0 Å². The number of pyridine rings is 1. The number of fused-ring (bicyclic) bond motifs is 4. The van der Waals surface area contributed by atoms with Crippen molar-refractivity contribution in [1.29, 1.82) is 0 Å². The maximum Gasteiger partial charge on any atom is 0.261 e. The molecular weight excluding hydrogens is 328 g/mol. The number of rotatable bonds is 1. The minimum absolute atomic E-state index is 0.00369. The van der Waals surface area contributed by atoms with E-state index >= 15 is 0 Å². The molecule has 6 nitrogen and oxygen atoms in total. The lowest BCUT2D eigenvalue weighted by molar-refractivity contribution is 0.0665. The van der Waals surface area contributed by atoms with Gasteiger partial charge in [0.05, 0.1) is 22.5 Å². The second-order valence-corrected chi connectivity index (χ2v) is 7.00. The van der Waals surface area contributed by atoms with Gasteiger partial charge < -0.3 is 4.90 Å². The highest BCUT2D eigenvalue weighted by Crippen LogP contribution is 2.32. The summed E-state index contributed by atoms with van der Waals surface area (Å²) in [5.41, 5.74) is 1.32. The molecule has 1 aromatic carbocycles. The van der Waals surface area contributed by atoms with E-state index in [2.05, 4.69) is 4.98 Å². The highest BCUT2D eigenvalue weighted by Gasteiger charge is 2.41. The fraction of sp³-hybridized carbons (Fsp3) is 0.300. The van der Waals surface area contributed by atoms with E-state index in [4.69, 9.17) is 4.98 Å². The monoisotopic (exact) mass is 346 g/mol. The van der Waals surface area contributed by atoms with E-state index in [9.17, 15) is 9.59 Å². The highest BCUT2D eigenvalue weighted by atomic mass is 16.2. The van der Waals surface area contributed by atoms with Crippen LogP contribution in [0.15, 0.2) is 53.6 Å². The molecule has 2 aliphatic rings. The third kappa shape index (κ3) is 2.25. The first-order valence-electron chi connectivity index (χ1n) is 8.93. The van der Waals surface area contributed by atoms with Crippen LogP contribution < -0.4 is 5.56 Å². The molecule has 0 N–H and O–H groups in total. The number of benzene rings is 1. The van der Waals surface area contributed by atoms with E-state index in [1.807, 2.05) is 29.2 Å². The molecule has 1 amide bonds. The molecule has 2 unspecified atom stereocenters. The normalized spacial score (nSPS) is 21.5. The number of hydrogen-bond acceptors (Lipinski definition) is 4. The lowest BCUT2D eigenvalue weighted by Crippen LogP contribution is -2.42. The van der Waals surface area contributed by atoms with Gasteiger partial charge in [0.1, 0.15) is 5.82 Å².